The number of pyridine rings is 2. The first-order valence-electron chi connectivity index (χ1n) is 9.54. The number of aromatic amines is 1. The Morgan fingerprint density at radius 2 is 2.04 bits per heavy atom. The Morgan fingerprint density at radius 1 is 1.14 bits per heavy atom. The monoisotopic (exact) mass is 374 g/mol. The molecule has 0 saturated carbocycles. The third-order valence-electron chi connectivity index (χ3n) is 5.13. The molecule has 0 atom stereocenters. The lowest BCUT2D eigenvalue weighted by Gasteiger charge is -2.24. The van der Waals surface area contributed by atoms with E-state index in [1.54, 1.807) is 4.68 Å². The Bertz CT molecular complexity index is 1110. The molecule has 8 nitrogen and oxygen atoms in total. The van der Waals surface area contributed by atoms with Crippen LogP contribution in [0.15, 0.2) is 42.9 Å². The molecule has 0 bridgehead atoms. The molecule has 0 radical (unpaired) electrons. The van der Waals surface area contributed by atoms with Gasteiger partial charge in [-0.05, 0) is 44.1 Å². The van der Waals surface area contributed by atoms with Crippen molar-refractivity contribution >= 4 is 16.7 Å². The number of nitrogens with zero attached hydrogens (tertiary/aromatic N) is 5. The maximum Gasteiger partial charge on any atom is 0.126 e. The number of fused-ring (bicyclic) bond motifs is 1. The number of hydrogen-bond acceptors (Lipinski definition) is 6. The Morgan fingerprint density at radius 3 is 2.86 bits per heavy atom. The van der Waals surface area contributed by atoms with Crippen LogP contribution in [0.25, 0.3) is 33.5 Å². The number of nitrogens with one attached hydrogen (secondary N) is 3. The summed E-state index contributed by atoms with van der Waals surface area (Å²) in [5.41, 5.74) is 4.41. The van der Waals surface area contributed by atoms with Crippen LogP contribution in [0.4, 0.5) is 5.82 Å². The zero-order chi connectivity index (χ0) is 18.9. The molecule has 1 aliphatic rings. The molecular formula is C20H22N8. The van der Waals surface area contributed by atoms with Gasteiger partial charge in [0.25, 0.3) is 0 Å². The van der Waals surface area contributed by atoms with Crippen molar-refractivity contribution in [2.75, 3.05) is 18.4 Å². The van der Waals surface area contributed by atoms with Crippen molar-refractivity contribution < 1.29 is 0 Å². The minimum absolute atomic E-state index is 0.460. The van der Waals surface area contributed by atoms with Gasteiger partial charge in [0.1, 0.15) is 11.5 Å². The third kappa shape index (κ3) is 3.22. The summed E-state index contributed by atoms with van der Waals surface area (Å²) in [5.74, 6) is 0.891. The minimum Gasteiger partial charge on any atom is -0.367 e. The lowest BCUT2D eigenvalue weighted by Crippen LogP contribution is -2.35. The van der Waals surface area contributed by atoms with E-state index in [-0.39, 0.29) is 0 Å². The van der Waals surface area contributed by atoms with Gasteiger partial charge in [0.2, 0.25) is 0 Å². The van der Waals surface area contributed by atoms with Crippen LogP contribution >= 0.6 is 0 Å². The Hall–Kier alpha value is -3.26. The van der Waals surface area contributed by atoms with Gasteiger partial charge in [0.05, 0.1) is 29.3 Å². The molecule has 8 heteroatoms. The first kappa shape index (κ1) is 16.9. The van der Waals surface area contributed by atoms with Gasteiger partial charge in [-0.15, -0.1) is 0 Å². The van der Waals surface area contributed by atoms with Crippen LogP contribution < -0.4 is 10.6 Å². The van der Waals surface area contributed by atoms with Crippen LogP contribution in [-0.4, -0.2) is 49.1 Å². The maximum atomic E-state index is 4.82. The summed E-state index contributed by atoms with van der Waals surface area (Å²) >= 11 is 0. The van der Waals surface area contributed by atoms with Gasteiger partial charge in [-0.3, -0.25) is 14.8 Å². The van der Waals surface area contributed by atoms with Gasteiger partial charge in [0.15, 0.2) is 0 Å². The van der Waals surface area contributed by atoms with Crippen molar-refractivity contribution in [2.24, 2.45) is 7.05 Å². The second kappa shape index (κ2) is 7.05. The molecule has 0 unspecified atom stereocenters. The number of H-pyrrole nitrogens is 1. The van der Waals surface area contributed by atoms with Crippen molar-refractivity contribution in [3.63, 3.8) is 0 Å². The average Bonchev–Trinajstić information content (AvgIpc) is 3.35. The molecule has 3 N–H and O–H groups in total. The first-order valence-corrected chi connectivity index (χ1v) is 9.54. The van der Waals surface area contributed by atoms with Crippen LogP contribution in [0.5, 0.6) is 0 Å². The highest BCUT2D eigenvalue weighted by Gasteiger charge is 2.15. The Labute approximate surface area is 162 Å². The molecule has 142 valence electrons. The molecular weight excluding hydrogens is 352 g/mol. The smallest absolute Gasteiger partial charge is 0.126 e. The van der Waals surface area contributed by atoms with E-state index in [9.17, 15) is 0 Å². The van der Waals surface area contributed by atoms with Crippen LogP contribution in [0.3, 0.4) is 0 Å². The van der Waals surface area contributed by atoms with Gasteiger partial charge >= 0.3 is 0 Å². The molecule has 4 aromatic rings. The summed E-state index contributed by atoms with van der Waals surface area (Å²) in [6.45, 7) is 2.09. The lowest BCUT2D eigenvalue weighted by atomic mass is 10.1. The predicted octanol–water partition coefficient (Wildman–Crippen LogP) is 2.58. The van der Waals surface area contributed by atoms with E-state index in [1.807, 2.05) is 49.9 Å². The van der Waals surface area contributed by atoms with E-state index < -0.39 is 0 Å². The summed E-state index contributed by atoms with van der Waals surface area (Å²) in [4.78, 5) is 9.34. The fourth-order valence-electron chi connectivity index (χ4n) is 3.65. The zero-order valence-corrected chi connectivity index (χ0v) is 15.7. The summed E-state index contributed by atoms with van der Waals surface area (Å²) < 4.78 is 1.77. The Kier molecular flexibility index (Phi) is 4.25. The van der Waals surface area contributed by atoms with Crippen LogP contribution in [0.2, 0.25) is 0 Å². The van der Waals surface area contributed by atoms with Gasteiger partial charge in [-0.25, -0.2) is 4.98 Å². The van der Waals surface area contributed by atoms with E-state index in [1.165, 1.54) is 0 Å². The van der Waals surface area contributed by atoms with Gasteiger partial charge < -0.3 is 10.6 Å². The number of hydrogen-bond donors (Lipinski definition) is 3. The predicted molar refractivity (Wildman–Crippen MR) is 109 cm³/mol. The van der Waals surface area contributed by atoms with Gasteiger partial charge in [-0.2, -0.15) is 10.2 Å². The van der Waals surface area contributed by atoms with Crippen LogP contribution in [-0.2, 0) is 7.05 Å². The van der Waals surface area contributed by atoms with E-state index in [0.717, 1.165) is 65.3 Å². The van der Waals surface area contributed by atoms with Gasteiger partial charge in [-0.1, -0.05) is 6.07 Å². The van der Waals surface area contributed by atoms with Crippen LogP contribution in [0.1, 0.15) is 12.8 Å². The molecule has 0 aromatic carbocycles. The first-order chi connectivity index (χ1) is 13.8. The standard InChI is InChI=1S/C20H22N8/c1-28-12-13(10-23-28)17-9-15-18(11-22-17)26-27-20(15)16-3-2-4-19(25-16)24-14-5-7-21-8-6-14/h2-4,9-12,14,21H,5-8H2,1H3,(H,24,25)(H,26,27). The molecule has 0 aliphatic carbocycles. The van der Waals surface area contributed by atoms with Crippen LogP contribution in [0, 0.1) is 0 Å². The second-order valence-electron chi connectivity index (χ2n) is 7.17. The van der Waals surface area contributed by atoms with E-state index >= 15 is 0 Å². The fraction of sp³-hybridized carbons (Fsp3) is 0.300. The molecule has 1 fully saturated rings. The van der Waals surface area contributed by atoms with E-state index in [0.29, 0.717) is 6.04 Å². The quantitative estimate of drug-likeness (QED) is 0.508. The van der Waals surface area contributed by atoms with Crippen molar-refractivity contribution in [2.45, 2.75) is 18.9 Å². The van der Waals surface area contributed by atoms with E-state index in [2.05, 4.69) is 30.9 Å². The number of aromatic nitrogens is 6. The lowest BCUT2D eigenvalue weighted by molar-refractivity contribution is 0.478. The number of aryl methyl sites for hydroxylation is 1. The molecule has 1 saturated heterocycles. The number of anilines is 1. The average molecular weight is 374 g/mol. The molecule has 0 spiro atoms. The molecule has 5 rings (SSSR count). The maximum absolute atomic E-state index is 4.82. The van der Waals surface area contributed by atoms with Crippen molar-refractivity contribution in [1.29, 1.82) is 0 Å². The zero-order valence-electron chi connectivity index (χ0n) is 15.7. The van der Waals surface area contributed by atoms with E-state index in [4.69, 9.17) is 4.98 Å². The molecule has 5 heterocycles. The SMILES string of the molecule is Cn1cc(-c2cc3c(-c4cccc(NC5CCNCC5)n4)n[nH]c3cn2)cn1. The highest BCUT2D eigenvalue weighted by atomic mass is 15.2. The van der Waals surface area contributed by atoms with Crippen molar-refractivity contribution in [3.8, 4) is 22.6 Å². The number of piperidine rings is 1. The minimum atomic E-state index is 0.460. The third-order valence-corrected chi connectivity index (χ3v) is 5.13. The summed E-state index contributed by atoms with van der Waals surface area (Å²) in [5, 5.41) is 19.8. The van der Waals surface area contributed by atoms with Gasteiger partial charge in [0, 0.05) is 30.2 Å². The second-order valence-corrected chi connectivity index (χ2v) is 7.17. The van der Waals surface area contributed by atoms with Crippen molar-refractivity contribution in [3.05, 3.63) is 42.9 Å². The molecule has 4 aromatic heterocycles. The topological polar surface area (TPSA) is 96.3 Å². The molecule has 1 aliphatic heterocycles. The largest absolute Gasteiger partial charge is 0.367 e. The van der Waals surface area contributed by atoms with Crippen molar-refractivity contribution in [1.82, 2.24) is 35.3 Å². The fourth-order valence-corrected chi connectivity index (χ4v) is 3.65. The highest BCUT2D eigenvalue weighted by molar-refractivity contribution is 5.93. The normalized spacial score (nSPS) is 15.2. The highest BCUT2D eigenvalue weighted by Crippen LogP contribution is 2.28. The summed E-state index contributed by atoms with van der Waals surface area (Å²) in [7, 11) is 1.90. The Balaban J connectivity index is 1.49. The molecule has 28 heavy (non-hydrogen) atoms. The molecule has 0 amide bonds. The summed E-state index contributed by atoms with van der Waals surface area (Å²) in [6, 6.07) is 8.53. The number of rotatable bonds is 4. The summed E-state index contributed by atoms with van der Waals surface area (Å²) in [6.07, 6.45) is 7.80.